The third kappa shape index (κ3) is 2.01. The van der Waals surface area contributed by atoms with Crippen LogP contribution in [0.15, 0.2) is 30.3 Å². The standard InChI is InChI=1S/C15H20N2O2/c1-4-15(5-2)14(19)16-12(13(18)17(15)3)11-9-7-6-8-10-11/h6-10,12H,4-5H2,1-3H3,(H,16,19). The van der Waals surface area contributed by atoms with E-state index >= 15 is 0 Å². The molecule has 0 saturated carbocycles. The van der Waals surface area contributed by atoms with Gasteiger partial charge < -0.3 is 10.2 Å². The average Bonchev–Trinajstić information content (AvgIpc) is 2.45. The molecule has 1 N–H and O–H groups in total. The van der Waals surface area contributed by atoms with E-state index < -0.39 is 11.6 Å². The summed E-state index contributed by atoms with van der Waals surface area (Å²) in [4.78, 5) is 26.5. The molecule has 1 aliphatic heterocycles. The Balaban J connectivity index is 2.36. The zero-order valence-corrected chi connectivity index (χ0v) is 11.6. The van der Waals surface area contributed by atoms with Crippen LogP contribution in [0, 0.1) is 0 Å². The van der Waals surface area contributed by atoms with Gasteiger partial charge in [0.25, 0.3) is 0 Å². The maximum absolute atomic E-state index is 12.5. The van der Waals surface area contributed by atoms with Gasteiger partial charge in [-0.25, -0.2) is 0 Å². The summed E-state index contributed by atoms with van der Waals surface area (Å²) in [6, 6.07) is 8.80. The molecule has 0 spiro atoms. The van der Waals surface area contributed by atoms with Gasteiger partial charge in [0.2, 0.25) is 11.8 Å². The van der Waals surface area contributed by atoms with E-state index in [1.165, 1.54) is 0 Å². The summed E-state index contributed by atoms with van der Waals surface area (Å²) < 4.78 is 0. The molecule has 1 fully saturated rings. The first kappa shape index (κ1) is 13.6. The van der Waals surface area contributed by atoms with E-state index in [1.54, 1.807) is 11.9 Å². The lowest BCUT2D eigenvalue weighted by molar-refractivity contribution is -0.156. The van der Waals surface area contributed by atoms with Crippen molar-refractivity contribution in [1.82, 2.24) is 10.2 Å². The molecule has 1 heterocycles. The van der Waals surface area contributed by atoms with Crippen molar-refractivity contribution < 1.29 is 9.59 Å². The molecule has 1 saturated heterocycles. The molecule has 102 valence electrons. The van der Waals surface area contributed by atoms with Gasteiger partial charge in [-0.3, -0.25) is 9.59 Å². The van der Waals surface area contributed by atoms with Crippen molar-refractivity contribution in [1.29, 1.82) is 0 Å². The van der Waals surface area contributed by atoms with Gasteiger partial charge in [0.15, 0.2) is 0 Å². The highest BCUT2D eigenvalue weighted by atomic mass is 16.2. The van der Waals surface area contributed by atoms with Crippen molar-refractivity contribution in [3.05, 3.63) is 35.9 Å². The van der Waals surface area contributed by atoms with Crippen LogP contribution in [0.2, 0.25) is 0 Å². The van der Waals surface area contributed by atoms with Crippen LogP contribution >= 0.6 is 0 Å². The molecule has 1 aliphatic rings. The van der Waals surface area contributed by atoms with Crippen LogP contribution in [0.25, 0.3) is 0 Å². The Bertz CT molecular complexity index is 480. The number of carbonyl (C=O) groups excluding carboxylic acids is 2. The lowest BCUT2D eigenvalue weighted by Crippen LogP contribution is -2.66. The summed E-state index contributed by atoms with van der Waals surface area (Å²) in [6.07, 6.45) is 1.25. The maximum Gasteiger partial charge on any atom is 0.250 e. The minimum absolute atomic E-state index is 0.0468. The molecular formula is C15H20N2O2. The van der Waals surface area contributed by atoms with Crippen molar-refractivity contribution >= 4 is 11.8 Å². The van der Waals surface area contributed by atoms with Crippen LogP contribution in [-0.2, 0) is 9.59 Å². The Labute approximate surface area is 113 Å². The number of amides is 2. The predicted octanol–water partition coefficient (Wildman–Crippen LogP) is 1.87. The number of piperazine rings is 1. The number of likely N-dealkylation sites (N-methyl/N-ethyl adjacent to an activating group) is 1. The van der Waals surface area contributed by atoms with Crippen molar-refractivity contribution in [2.75, 3.05) is 7.05 Å². The minimum atomic E-state index is -0.706. The second-order valence-corrected chi connectivity index (χ2v) is 4.95. The Kier molecular flexibility index (Phi) is 3.60. The van der Waals surface area contributed by atoms with E-state index in [0.29, 0.717) is 12.8 Å². The second-order valence-electron chi connectivity index (χ2n) is 4.95. The van der Waals surface area contributed by atoms with Crippen molar-refractivity contribution in [2.45, 2.75) is 38.3 Å². The molecule has 19 heavy (non-hydrogen) atoms. The van der Waals surface area contributed by atoms with Crippen LogP contribution < -0.4 is 5.32 Å². The summed E-state index contributed by atoms with van der Waals surface area (Å²) in [5.41, 5.74) is 0.121. The highest BCUT2D eigenvalue weighted by molar-refractivity contribution is 6.00. The van der Waals surface area contributed by atoms with E-state index in [-0.39, 0.29) is 11.8 Å². The fraction of sp³-hybridized carbons (Fsp3) is 0.467. The molecule has 2 amide bonds. The first-order chi connectivity index (χ1) is 9.06. The SMILES string of the molecule is CCC1(CC)C(=O)NC(c2ccccc2)C(=O)N1C. The molecule has 1 atom stereocenters. The Morgan fingerprint density at radius 2 is 1.74 bits per heavy atom. The Hall–Kier alpha value is -1.84. The van der Waals surface area contributed by atoms with Gasteiger partial charge in [-0.05, 0) is 18.4 Å². The summed E-state index contributed by atoms with van der Waals surface area (Å²) in [6.45, 7) is 3.88. The van der Waals surface area contributed by atoms with Gasteiger partial charge in [0, 0.05) is 7.05 Å². The number of hydrogen-bond donors (Lipinski definition) is 1. The van der Waals surface area contributed by atoms with Crippen LogP contribution in [0.5, 0.6) is 0 Å². The van der Waals surface area contributed by atoms with E-state index in [0.717, 1.165) is 5.56 Å². The van der Waals surface area contributed by atoms with Gasteiger partial charge in [-0.15, -0.1) is 0 Å². The van der Waals surface area contributed by atoms with Gasteiger partial charge in [0.05, 0.1) is 0 Å². The quantitative estimate of drug-likeness (QED) is 0.902. The Morgan fingerprint density at radius 1 is 1.16 bits per heavy atom. The largest absolute Gasteiger partial charge is 0.338 e. The van der Waals surface area contributed by atoms with Crippen molar-refractivity contribution in [2.24, 2.45) is 0 Å². The summed E-state index contributed by atoms with van der Waals surface area (Å²) >= 11 is 0. The number of rotatable bonds is 3. The van der Waals surface area contributed by atoms with E-state index in [2.05, 4.69) is 5.32 Å². The van der Waals surface area contributed by atoms with Crippen LogP contribution in [0.4, 0.5) is 0 Å². The average molecular weight is 260 g/mol. The van der Waals surface area contributed by atoms with Gasteiger partial charge >= 0.3 is 0 Å². The molecule has 0 bridgehead atoms. The Morgan fingerprint density at radius 3 is 2.26 bits per heavy atom. The fourth-order valence-corrected chi connectivity index (χ4v) is 2.80. The van der Waals surface area contributed by atoms with Crippen molar-refractivity contribution in [3.63, 3.8) is 0 Å². The highest BCUT2D eigenvalue weighted by Gasteiger charge is 2.48. The molecule has 1 aromatic carbocycles. The monoisotopic (exact) mass is 260 g/mol. The van der Waals surface area contributed by atoms with Gasteiger partial charge in [-0.1, -0.05) is 44.2 Å². The third-order valence-electron chi connectivity index (χ3n) is 4.22. The van der Waals surface area contributed by atoms with Crippen LogP contribution in [0.1, 0.15) is 38.3 Å². The molecule has 4 heteroatoms. The number of hydrogen-bond acceptors (Lipinski definition) is 2. The maximum atomic E-state index is 12.5. The smallest absolute Gasteiger partial charge is 0.250 e. The molecule has 0 aliphatic carbocycles. The molecular weight excluding hydrogens is 240 g/mol. The lowest BCUT2D eigenvalue weighted by Gasteiger charge is -2.45. The highest BCUT2D eigenvalue weighted by Crippen LogP contribution is 2.31. The lowest BCUT2D eigenvalue weighted by atomic mass is 9.85. The molecule has 0 radical (unpaired) electrons. The van der Waals surface area contributed by atoms with E-state index in [4.69, 9.17) is 0 Å². The number of nitrogens with zero attached hydrogens (tertiary/aromatic N) is 1. The normalized spacial score (nSPS) is 22.3. The third-order valence-corrected chi connectivity index (χ3v) is 4.22. The number of carbonyl (C=O) groups is 2. The molecule has 1 unspecified atom stereocenters. The van der Waals surface area contributed by atoms with Gasteiger partial charge in [0.1, 0.15) is 11.6 Å². The zero-order chi connectivity index (χ0) is 14.0. The van der Waals surface area contributed by atoms with E-state index in [1.807, 2.05) is 44.2 Å². The first-order valence-corrected chi connectivity index (χ1v) is 6.70. The second kappa shape index (κ2) is 5.03. The minimum Gasteiger partial charge on any atom is -0.338 e. The first-order valence-electron chi connectivity index (χ1n) is 6.70. The zero-order valence-electron chi connectivity index (χ0n) is 11.6. The molecule has 0 aromatic heterocycles. The van der Waals surface area contributed by atoms with Crippen LogP contribution in [0.3, 0.4) is 0 Å². The molecule has 1 aromatic rings. The summed E-state index contributed by atoms with van der Waals surface area (Å²) in [5, 5.41) is 2.88. The summed E-state index contributed by atoms with van der Waals surface area (Å²) in [5.74, 6) is -0.108. The number of nitrogens with one attached hydrogen (secondary N) is 1. The number of benzene rings is 1. The fourth-order valence-electron chi connectivity index (χ4n) is 2.80. The molecule has 2 rings (SSSR count). The molecule has 4 nitrogen and oxygen atoms in total. The van der Waals surface area contributed by atoms with E-state index in [9.17, 15) is 9.59 Å². The summed E-state index contributed by atoms with van der Waals surface area (Å²) in [7, 11) is 1.73. The van der Waals surface area contributed by atoms with Gasteiger partial charge in [-0.2, -0.15) is 0 Å². The van der Waals surface area contributed by atoms with Crippen LogP contribution in [-0.4, -0.2) is 29.3 Å². The topological polar surface area (TPSA) is 49.4 Å². The predicted molar refractivity (Wildman–Crippen MR) is 73.4 cm³/mol. The van der Waals surface area contributed by atoms with Crippen molar-refractivity contribution in [3.8, 4) is 0 Å².